The Morgan fingerprint density at radius 1 is 1.19 bits per heavy atom. The second kappa shape index (κ2) is 6.67. The van der Waals surface area contributed by atoms with E-state index in [0.717, 1.165) is 38.6 Å². The fraction of sp³-hybridized carbons (Fsp3) is 0.875. The molecule has 2 fully saturated rings. The van der Waals surface area contributed by atoms with Gasteiger partial charge in [-0.1, -0.05) is 20.3 Å². The smallest absolute Gasteiger partial charge is 0.329 e. The normalized spacial score (nSPS) is 29.7. The van der Waals surface area contributed by atoms with E-state index >= 15 is 0 Å². The van der Waals surface area contributed by atoms with E-state index in [4.69, 9.17) is 0 Å². The Bertz CT molecular complexity index is 397. The van der Waals surface area contributed by atoms with Crippen molar-refractivity contribution >= 4 is 12.0 Å². The number of carboxylic acid groups (broad SMARTS) is 1. The van der Waals surface area contributed by atoms with Gasteiger partial charge in [-0.3, -0.25) is 0 Å². The largest absolute Gasteiger partial charge is 0.479 e. The van der Waals surface area contributed by atoms with Gasteiger partial charge in [-0.25, -0.2) is 9.59 Å². The molecule has 1 N–H and O–H groups in total. The van der Waals surface area contributed by atoms with E-state index in [1.165, 1.54) is 6.42 Å². The van der Waals surface area contributed by atoms with Crippen molar-refractivity contribution in [2.45, 2.75) is 76.8 Å². The van der Waals surface area contributed by atoms with Gasteiger partial charge in [-0.15, -0.1) is 0 Å². The van der Waals surface area contributed by atoms with Gasteiger partial charge in [-0.05, 0) is 44.9 Å². The molecule has 0 spiro atoms. The predicted octanol–water partition coefficient (Wildman–Crippen LogP) is 3.09. The average molecular weight is 296 g/mol. The number of likely N-dealkylation sites (tertiary alicyclic amines) is 2. The molecule has 2 saturated heterocycles. The first-order chi connectivity index (χ1) is 10.1. The Labute approximate surface area is 127 Å². The number of carboxylic acids is 1. The summed E-state index contributed by atoms with van der Waals surface area (Å²) >= 11 is 0. The number of hydrogen-bond donors (Lipinski definition) is 1. The molecule has 0 aliphatic carbocycles. The van der Waals surface area contributed by atoms with Crippen LogP contribution in [0.5, 0.6) is 0 Å². The van der Waals surface area contributed by atoms with Crippen LogP contribution < -0.4 is 0 Å². The number of carbonyl (C=O) groups is 2. The van der Waals surface area contributed by atoms with Crippen molar-refractivity contribution in [3.8, 4) is 0 Å². The quantitative estimate of drug-likeness (QED) is 0.867. The van der Waals surface area contributed by atoms with E-state index in [0.29, 0.717) is 25.4 Å². The Hall–Kier alpha value is -1.26. The van der Waals surface area contributed by atoms with E-state index in [9.17, 15) is 14.7 Å². The highest BCUT2D eigenvalue weighted by molar-refractivity contribution is 5.87. The van der Waals surface area contributed by atoms with Crippen molar-refractivity contribution in [1.82, 2.24) is 9.80 Å². The molecule has 2 aliphatic rings. The molecule has 0 aromatic heterocycles. The van der Waals surface area contributed by atoms with E-state index < -0.39 is 11.5 Å². The lowest BCUT2D eigenvalue weighted by Crippen LogP contribution is -2.59. The Morgan fingerprint density at radius 3 is 2.57 bits per heavy atom. The summed E-state index contributed by atoms with van der Waals surface area (Å²) in [5, 5.41) is 9.64. The summed E-state index contributed by atoms with van der Waals surface area (Å²) in [5.41, 5.74) is -0.981. The molecule has 2 aliphatic heterocycles. The highest BCUT2D eigenvalue weighted by Crippen LogP contribution is 2.35. The highest BCUT2D eigenvalue weighted by Gasteiger charge is 2.50. The Balaban J connectivity index is 2.19. The number of rotatable bonds is 4. The summed E-state index contributed by atoms with van der Waals surface area (Å²) in [7, 11) is 0. The maximum atomic E-state index is 13.0. The predicted molar refractivity (Wildman–Crippen MR) is 81.2 cm³/mol. The first kappa shape index (κ1) is 16.1. The zero-order valence-electron chi connectivity index (χ0n) is 13.3. The summed E-state index contributed by atoms with van der Waals surface area (Å²) in [6.45, 7) is 5.37. The minimum atomic E-state index is -0.981. The first-order valence-corrected chi connectivity index (χ1v) is 8.38. The number of nitrogens with zero attached hydrogens (tertiary/aromatic N) is 2. The van der Waals surface area contributed by atoms with Crippen LogP contribution in [0.15, 0.2) is 0 Å². The molecule has 5 heteroatoms. The summed E-state index contributed by atoms with van der Waals surface area (Å²) in [6.07, 6.45) is 7.20. The third kappa shape index (κ3) is 2.87. The van der Waals surface area contributed by atoms with Crippen LogP contribution in [0, 0.1) is 0 Å². The summed E-state index contributed by atoms with van der Waals surface area (Å²) in [4.78, 5) is 28.3. The SMILES string of the molecule is CCCC1CCCCN1C(=O)N1CCCC1(CC)C(=O)O. The van der Waals surface area contributed by atoms with Gasteiger partial charge in [0.25, 0.3) is 0 Å². The van der Waals surface area contributed by atoms with E-state index in [-0.39, 0.29) is 6.03 Å². The van der Waals surface area contributed by atoms with E-state index in [1.807, 2.05) is 11.8 Å². The molecule has 2 rings (SSSR count). The minimum absolute atomic E-state index is 0.0464. The standard InChI is InChI=1S/C16H28N2O3/c1-3-8-13-9-5-6-11-17(13)15(21)18-12-7-10-16(18,4-2)14(19)20/h13H,3-12H2,1-2H3,(H,19,20). The van der Waals surface area contributed by atoms with Gasteiger partial charge in [0.1, 0.15) is 5.54 Å². The summed E-state index contributed by atoms with van der Waals surface area (Å²) in [6, 6.07) is 0.245. The van der Waals surface area contributed by atoms with Crippen molar-refractivity contribution in [1.29, 1.82) is 0 Å². The van der Waals surface area contributed by atoms with Crippen LogP contribution in [-0.2, 0) is 4.79 Å². The molecule has 5 nitrogen and oxygen atoms in total. The maximum Gasteiger partial charge on any atom is 0.329 e. The van der Waals surface area contributed by atoms with Crippen LogP contribution in [0.3, 0.4) is 0 Å². The zero-order chi connectivity index (χ0) is 15.5. The lowest BCUT2D eigenvalue weighted by Gasteiger charge is -2.42. The Kier molecular flexibility index (Phi) is 5.12. The number of piperidine rings is 1. The number of hydrogen-bond acceptors (Lipinski definition) is 2. The topological polar surface area (TPSA) is 60.9 Å². The minimum Gasteiger partial charge on any atom is -0.479 e. The van der Waals surface area contributed by atoms with Crippen molar-refractivity contribution in [2.75, 3.05) is 13.1 Å². The zero-order valence-corrected chi connectivity index (χ0v) is 13.3. The van der Waals surface area contributed by atoms with Gasteiger partial charge in [0.15, 0.2) is 0 Å². The van der Waals surface area contributed by atoms with E-state index in [2.05, 4.69) is 6.92 Å². The van der Waals surface area contributed by atoms with Gasteiger partial charge < -0.3 is 14.9 Å². The fourth-order valence-electron chi connectivity index (χ4n) is 3.94. The monoisotopic (exact) mass is 296 g/mol. The number of amides is 2. The fourth-order valence-corrected chi connectivity index (χ4v) is 3.94. The molecule has 120 valence electrons. The molecular weight excluding hydrogens is 268 g/mol. The van der Waals surface area contributed by atoms with Gasteiger partial charge in [0, 0.05) is 19.1 Å². The van der Waals surface area contributed by atoms with Crippen molar-refractivity contribution in [3.05, 3.63) is 0 Å². The van der Waals surface area contributed by atoms with Gasteiger partial charge >= 0.3 is 12.0 Å². The van der Waals surface area contributed by atoms with E-state index in [1.54, 1.807) is 4.90 Å². The van der Waals surface area contributed by atoms with Gasteiger partial charge in [0.2, 0.25) is 0 Å². The molecule has 2 atom stereocenters. The van der Waals surface area contributed by atoms with Crippen LogP contribution in [-0.4, -0.2) is 51.6 Å². The molecule has 2 heterocycles. The first-order valence-electron chi connectivity index (χ1n) is 8.38. The number of urea groups is 1. The molecule has 0 aromatic rings. The molecule has 0 radical (unpaired) electrons. The second-order valence-electron chi connectivity index (χ2n) is 6.36. The molecule has 0 aromatic carbocycles. The third-order valence-corrected chi connectivity index (χ3v) is 5.20. The number of aliphatic carboxylic acids is 1. The maximum absolute atomic E-state index is 13.0. The summed E-state index contributed by atoms with van der Waals surface area (Å²) in [5.74, 6) is -0.847. The third-order valence-electron chi connectivity index (χ3n) is 5.20. The van der Waals surface area contributed by atoms with Crippen LogP contribution in [0.25, 0.3) is 0 Å². The molecular formula is C16H28N2O3. The lowest BCUT2D eigenvalue weighted by molar-refractivity contribution is -0.148. The molecule has 0 saturated carbocycles. The molecule has 2 unspecified atom stereocenters. The second-order valence-corrected chi connectivity index (χ2v) is 6.36. The molecule has 21 heavy (non-hydrogen) atoms. The lowest BCUT2D eigenvalue weighted by atomic mass is 9.92. The average Bonchev–Trinajstić information content (AvgIpc) is 2.92. The highest BCUT2D eigenvalue weighted by atomic mass is 16.4. The van der Waals surface area contributed by atoms with Crippen LogP contribution in [0.2, 0.25) is 0 Å². The van der Waals surface area contributed by atoms with Crippen LogP contribution in [0.4, 0.5) is 4.79 Å². The van der Waals surface area contributed by atoms with Gasteiger partial charge in [-0.2, -0.15) is 0 Å². The number of carbonyl (C=O) groups excluding carboxylic acids is 1. The van der Waals surface area contributed by atoms with Gasteiger partial charge in [0.05, 0.1) is 0 Å². The van der Waals surface area contributed by atoms with Crippen molar-refractivity contribution in [3.63, 3.8) is 0 Å². The van der Waals surface area contributed by atoms with Crippen molar-refractivity contribution < 1.29 is 14.7 Å². The molecule has 2 amide bonds. The Morgan fingerprint density at radius 2 is 1.95 bits per heavy atom. The van der Waals surface area contributed by atoms with Crippen LogP contribution in [0.1, 0.15) is 65.2 Å². The van der Waals surface area contributed by atoms with Crippen molar-refractivity contribution in [2.24, 2.45) is 0 Å². The van der Waals surface area contributed by atoms with Crippen LogP contribution >= 0.6 is 0 Å². The molecule has 0 bridgehead atoms. The summed E-state index contributed by atoms with van der Waals surface area (Å²) < 4.78 is 0.